The van der Waals surface area contributed by atoms with Crippen molar-refractivity contribution in [1.82, 2.24) is 19.5 Å². The average molecular weight is 464 g/mol. The maximum atomic E-state index is 14.1. The van der Waals surface area contributed by atoms with E-state index in [-0.39, 0.29) is 17.4 Å². The molecular formula is C23H22F2N8O. The van der Waals surface area contributed by atoms with E-state index in [9.17, 15) is 8.78 Å². The summed E-state index contributed by atoms with van der Waals surface area (Å²) >= 11 is 0. The Morgan fingerprint density at radius 2 is 2.06 bits per heavy atom. The van der Waals surface area contributed by atoms with Gasteiger partial charge in [-0.3, -0.25) is 0 Å². The van der Waals surface area contributed by atoms with Gasteiger partial charge in [0.15, 0.2) is 0 Å². The molecule has 4 N–H and O–H groups in total. The monoisotopic (exact) mass is 464 g/mol. The number of pyridine rings is 1. The van der Waals surface area contributed by atoms with Crippen LogP contribution in [0.4, 0.5) is 20.3 Å². The highest BCUT2D eigenvalue weighted by molar-refractivity contribution is 6.01. The first-order chi connectivity index (χ1) is 16.5. The molecule has 0 fully saturated rings. The van der Waals surface area contributed by atoms with Crippen molar-refractivity contribution in [3.63, 3.8) is 0 Å². The number of nitrogens with one attached hydrogen (secondary N) is 2. The molecule has 0 saturated heterocycles. The van der Waals surface area contributed by atoms with E-state index in [2.05, 4.69) is 25.4 Å². The zero-order chi connectivity index (χ0) is 24.2. The van der Waals surface area contributed by atoms with Gasteiger partial charge in [-0.15, -0.1) is 0 Å². The van der Waals surface area contributed by atoms with E-state index < -0.39 is 17.7 Å². The maximum absolute atomic E-state index is 14.1. The van der Waals surface area contributed by atoms with Crippen molar-refractivity contribution in [2.75, 3.05) is 18.2 Å². The third-order valence-electron chi connectivity index (χ3n) is 5.38. The lowest BCUT2D eigenvalue weighted by molar-refractivity contribution is 0.397. The van der Waals surface area contributed by atoms with Crippen LogP contribution in [0.5, 0.6) is 5.88 Å². The predicted octanol–water partition coefficient (Wildman–Crippen LogP) is 5.30. The van der Waals surface area contributed by atoms with Crippen molar-refractivity contribution in [3.05, 3.63) is 72.6 Å². The minimum absolute atomic E-state index is 0.192. The number of rotatable bonds is 8. The molecule has 0 aliphatic carbocycles. The van der Waals surface area contributed by atoms with Crippen LogP contribution in [-0.2, 0) is 0 Å². The number of para-hydroxylation sites is 1. The van der Waals surface area contributed by atoms with Crippen LogP contribution in [0, 0.1) is 17.2 Å². The maximum Gasteiger partial charge on any atom is 0.221 e. The SMILES string of the molecule is CCC(/C(=C/Nc1ccccc1F)N=N)n1cc(-c2cc(F)cnc2OC)c2c(N)ncnc21. The van der Waals surface area contributed by atoms with E-state index in [4.69, 9.17) is 16.0 Å². The Balaban J connectivity index is 1.87. The first-order valence-corrected chi connectivity index (χ1v) is 10.4. The molecule has 0 bridgehead atoms. The Kier molecular flexibility index (Phi) is 6.44. The number of methoxy groups -OCH3 is 1. The van der Waals surface area contributed by atoms with Crippen LogP contribution in [0.25, 0.3) is 22.2 Å². The van der Waals surface area contributed by atoms with Gasteiger partial charge in [-0.05, 0) is 24.6 Å². The first-order valence-electron chi connectivity index (χ1n) is 10.4. The summed E-state index contributed by atoms with van der Waals surface area (Å²) in [5, 5.41) is 7.03. The van der Waals surface area contributed by atoms with E-state index >= 15 is 0 Å². The number of hydrogen-bond donors (Lipinski definition) is 3. The largest absolute Gasteiger partial charge is 0.481 e. The van der Waals surface area contributed by atoms with Gasteiger partial charge in [0.25, 0.3) is 0 Å². The van der Waals surface area contributed by atoms with Gasteiger partial charge in [0, 0.05) is 23.5 Å². The summed E-state index contributed by atoms with van der Waals surface area (Å²) in [6.07, 6.45) is 6.10. The number of ether oxygens (including phenoxy) is 1. The van der Waals surface area contributed by atoms with Gasteiger partial charge < -0.3 is 20.4 Å². The van der Waals surface area contributed by atoms with E-state index in [1.807, 2.05) is 6.92 Å². The fraction of sp³-hybridized carbons (Fsp3) is 0.174. The molecule has 0 radical (unpaired) electrons. The summed E-state index contributed by atoms with van der Waals surface area (Å²) in [5.74, 6) is -0.581. The zero-order valence-electron chi connectivity index (χ0n) is 18.5. The number of benzene rings is 1. The zero-order valence-corrected chi connectivity index (χ0v) is 18.5. The van der Waals surface area contributed by atoms with Crippen LogP contribution < -0.4 is 15.8 Å². The number of nitrogen functional groups attached to an aromatic ring is 1. The number of nitrogens with zero attached hydrogens (tertiary/aromatic N) is 5. The second-order valence-electron chi connectivity index (χ2n) is 7.35. The summed E-state index contributed by atoms with van der Waals surface area (Å²) in [7, 11) is 1.44. The van der Waals surface area contributed by atoms with E-state index in [1.54, 1.807) is 29.0 Å². The molecule has 11 heteroatoms. The lowest BCUT2D eigenvalue weighted by atomic mass is 10.1. The Morgan fingerprint density at radius 3 is 2.76 bits per heavy atom. The summed E-state index contributed by atoms with van der Waals surface area (Å²) < 4.78 is 35.3. The summed E-state index contributed by atoms with van der Waals surface area (Å²) in [6, 6.07) is 7.01. The van der Waals surface area contributed by atoms with E-state index in [1.165, 1.54) is 31.8 Å². The number of allylic oxidation sites excluding steroid dienone is 1. The van der Waals surface area contributed by atoms with Gasteiger partial charge in [0.1, 0.15) is 35.1 Å². The summed E-state index contributed by atoms with van der Waals surface area (Å²) in [4.78, 5) is 12.5. The molecule has 4 aromatic rings. The normalized spacial score (nSPS) is 12.5. The third kappa shape index (κ3) is 4.15. The van der Waals surface area contributed by atoms with Crippen molar-refractivity contribution in [1.29, 1.82) is 5.53 Å². The smallest absolute Gasteiger partial charge is 0.221 e. The highest BCUT2D eigenvalue weighted by Crippen LogP contribution is 2.39. The molecule has 0 saturated carbocycles. The quantitative estimate of drug-likeness (QED) is 0.304. The van der Waals surface area contributed by atoms with Gasteiger partial charge in [-0.25, -0.2) is 29.3 Å². The van der Waals surface area contributed by atoms with Gasteiger partial charge >= 0.3 is 0 Å². The molecule has 9 nitrogen and oxygen atoms in total. The number of nitrogens with two attached hydrogens (primary N) is 1. The fourth-order valence-corrected chi connectivity index (χ4v) is 3.81. The van der Waals surface area contributed by atoms with E-state index in [0.717, 1.165) is 6.20 Å². The minimum Gasteiger partial charge on any atom is -0.481 e. The van der Waals surface area contributed by atoms with Crippen molar-refractivity contribution < 1.29 is 13.5 Å². The highest BCUT2D eigenvalue weighted by atomic mass is 19.1. The number of aromatic nitrogens is 4. The molecule has 0 aliphatic rings. The predicted molar refractivity (Wildman–Crippen MR) is 124 cm³/mol. The Bertz CT molecular complexity index is 1380. The first kappa shape index (κ1) is 22.8. The molecule has 34 heavy (non-hydrogen) atoms. The van der Waals surface area contributed by atoms with Crippen molar-refractivity contribution >= 4 is 22.5 Å². The molecule has 1 unspecified atom stereocenters. The minimum atomic E-state index is -0.546. The molecule has 0 spiro atoms. The second-order valence-corrected chi connectivity index (χ2v) is 7.35. The molecule has 0 amide bonds. The molecule has 3 heterocycles. The van der Waals surface area contributed by atoms with Gasteiger partial charge in [0.2, 0.25) is 5.88 Å². The molecule has 174 valence electrons. The molecule has 4 rings (SSSR count). The van der Waals surface area contributed by atoms with Crippen LogP contribution in [-0.4, -0.2) is 26.6 Å². The average Bonchev–Trinajstić information content (AvgIpc) is 3.23. The molecule has 1 atom stereocenters. The van der Waals surface area contributed by atoms with Crippen LogP contribution in [0.3, 0.4) is 0 Å². The Morgan fingerprint density at radius 1 is 1.26 bits per heavy atom. The number of anilines is 2. The Labute approximate surface area is 193 Å². The molecular weight excluding hydrogens is 442 g/mol. The molecule has 3 aromatic heterocycles. The van der Waals surface area contributed by atoms with Crippen molar-refractivity contribution in [2.45, 2.75) is 19.4 Å². The second kappa shape index (κ2) is 9.61. The highest BCUT2D eigenvalue weighted by Gasteiger charge is 2.24. The summed E-state index contributed by atoms with van der Waals surface area (Å²) in [6.45, 7) is 1.91. The Hall–Kier alpha value is -4.41. The van der Waals surface area contributed by atoms with Gasteiger partial charge in [-0.1, -0.05) is 19.1 Å². The standard InChI is InChI=1S/C23H22F2N8O/c1-3-19(18(32-27)10-28-17-7-5-4-6-16(17)25)33-11-15(20-21(26)30-12-31-22(20)33)14-8-13(24)9-29-23(14)34-2/h4-12,19,27-28H,3H2,1-2H3,(H2,26,30,31)/b18-10-,32-27?. The molecule has 1 aromatic carbocycles. The van der Waals surface area contributed by atoms with Crippen molar-refractivity contribution in [3.8, 4) is 17.0 Å². The van der Waals surface area contributed by atoms with Gasteiger partial charge in [-0.2, -0.15) is 5.11 Å². The lowest BCUT2D eigenvalue weighted by Gasteiger charge is -2.18. The van der Waals surface area contributed by atoms with Crippen LogP contribution in [0.1, 0.15) is 19.4 Å². The van der Waals surface area contributed by atoms with Gasteiger partial charge in [0.05, 0.1) is 30.4 Å². The van der Waals surface area contributed by atoms with Crippen LogP contribution in [0.2, 0.25) is 0 Å². The number of halogens is 2. The molecule has 0 aliphatic heterocycles. The number of hydrogen-bond acceptors (Lipinski definition) is 8. The number of fused-ring (bicyclic) bond motifs is 1. The topological polar surface area (TPSA) is 127 Å². The van der Waals surface area contributed by atoms with Crippen LogP contribution >= 0.6 is 0 Å². The van der Waals surface area contributed by atoms with E-state index in [0.29, 0.717) is 34.3 Å². The van der Waals surface area contributed by atoms with Crippen LogP contribution in [0.15, 0.2) is 66.1 Å². The summed E-state index contributed by atoms with van der Waals surface area (Å²) in [5.41, 5.74) is 15.9. The lowest BCUT2D eigenvalue weighted by Crippen LogP contribution is -2.11. The van der Waals surface area contributed by atoms with Crippen molar-refractivity contribution in [2.24, 2.45) is 5.11 Å². The third-order valence-corrected chi connectivity index (χ3v) is 5.38. The fourth-order valence-electron chi connectivity index (χ4n) is 3.81.